The molecule has 3 heterocycles. The third kappa shape index (κ3) is 21.5. The molecule has 8 N–H and O–H groups in total. The van der Waals surface area contributed by atoms with Gasteiger partial charge in [0.2, 0.25) is 23.6 Å². The fraction of sp³-hybridized carbons (Fsp3) is 0.347. The minimum Gasteiger partial charge on any atom is -0.383 e. The predicted octanol–water partition coefficient (Wildman–Crippen LogP) is 11.7. The molecule has 6 atom stereocenters. The maximum absolute atomic E-state index is 12.5. The van der Waals surface area contributed by atoms with Gasteiger partial charge in [-0.3, -0.25) is 28.9 Å². The molecule has 6 unspecified atom stereocenters. The van der Waals surface area contributed by atoms with Gasteiger partial charge in [0, 0.05) is 67.4 Å². The Hall–Kier alpha value is -8.47. The number of para-hydroxylation sites is 1. The van der Waals surface area contributed by atoms with Crippen LogP contribution in [0, 0.1) is 52.4 Å². The molecule has 15 nitrogen and oxygen atoms in total. The van der Waals surface area contributed by atoms with Gasteiger partial charge in [-0.1, -0.05) is 152 Å². The van der Waals surface area contributed by atoms with Crippen LogP contribution in [0.5, 0.6) is 0 Å². The fourth-order valence-electron chi connectivity index (χ4n) is 10.2. The maximum Gasteiger partial charge on any atom is 0.253 e. The minimum absolute atomic E-state index is 0.00815. The number of carbonyl (C=O) groups is 5. The number of anilines is 6. The number of hydrogen-bond donors (Lipinski definition) is 7. The maximum atomic E-state index is 12.5. The van der Waals surface area contributed by atoms with E-state index in [1.165, 1.54) is 44.6 Å². The van der Waals surface area contributed by atoms with E-state index in [0.29, 0.717) is 24.4 Å². The van der Waals surface area contributed by atoms with E-state index in [1.54, 1.807) is 6.92 Å². The number of nitrogens with zero attached hydrogens (tertiary/aromatic N) is 3. The molecule has 0 aliphatic carbocycles. The number of likely N-dealkylation sites (tertiary alicyclic amines) is 1. The van der Waals surface area contributed by atoms with Gasteiger partial charge in [-0.05, 0) is 164 Å². The molecule has 5 amide bonds. The van der Waals surface area contributed by atoms with Gasteiger partial charge < -0.3 is 47.2 Å². The summed E-state index contributed by atoms with van der Waals surface area (Å²) in [5, 5.41) is 23.7. The second-order valence-corrected chi connectivity index (χ2v) is 23.3. The van der Waals surface area contributed by atoms with E-state index < -0.39 is 12.1 Å². The van der Waals surface area contributed by atoms with Crippen molar-refractivity contribution in [2.75, 3.05) is 72.3 Å². The number of benzene rings is 7. The van der Waals surface area contributed by atoms with Crippen LogP contribution in [0.4, 0.5) is 34.1 Å². The number of hydrogen-bond acceptors (Lipinski definition) is 10. The molecule has 7 aromatic rings. The fourth-order valence-corrected chi connectivity index (χ4v) is 10.2. The van der Waals surface area contributed by atoms with Crippen LogP contribution in [0.2, 0.25) is 0 Å². The molecule has 460 valence electrons. The number of rotatable bonds is 12. The summed E-state index contributed by atoms with van der Waals surface area (Å²) in [6.45, 7) is 19.3. The summed E-state index contributed by atoms with van der Waals surface area (Å²) in [6.07, 6.45) is 1.73. The van der Waals surface area contributed by atoms with Crippen molar-refractivity contribution in [3.63, 3.8) is 0 Å². The van der Waals surface area contributed by atoms with Gasteiger partial charge in [0.05, 0.1) is 23.9 Å². The normalized spacial score (nSPS) is 17.3. The van der Waals surface area contributed by atoms with Crippen LogP contribution in [0.25, 0.3) is 0 Å². The molecule has 10 rings (SSSR count). The van der Waals surface area contributed by atoms with Crippen LogP contribution in [0.3, 0.4) is 0 Å². The van der Waals surface area contributed by atoms with Gasteiger partial charge in [-0.15, -0.1) is 0 Å². The Kier molecular flexibility index (Phi) is 26.0. The Morgan fingerprint density at radius 2 is 0.885 bits per heavy atom. The van der Waals surface area contributed by atoms with Crippen molar-refractivity contribution in [2.24, 2.45) is 23.5 Å². The Morgan fingerprint density at radius 1 is 0.483 bits per heavy atom. The highest BCUT2D eigenvalue weighted by Crippen LogP contribution is 2.30. The summed E-state index contributed by atoms with van der Waals surface area (Å²) in [5.41, 5.74) is 20.7. The molecule has 0 aromatic heterocycles. The first kappa shape index (κ1) is 67.7. The van der Waals surface area contributed by atoms with Crippen LogP contribution in [0.1, 0.15) is 78.1 Å². The van der Waals surface area contributed by atoms with Crippen molar-refractivity contribution in [1.82, 2.24) is 9.80 Å². The summed E-state index contributed by atoms with van der Waals surface area (Å²) >= 11 is 0. The van der Waals surface area contributed by atoms with Gasteiger partial charge in [-0.2, -0.15) is 0 Å². The van der Waals surface area contributed by atoms with Crippen molar-refractivity contribution in [2.45, 2.75) is 106 Å². The molecular weight excluding hydrogens is 1090 g/mol. The number of amides is 5. The monoisotopic (exact) mass is 1180 g/mol. The largest absolute Gasteiger partial charge is 0.383 e. The van der Waals surface area contributed by atoms with Crippen LogP contribution in [-0.2, 0) is 43.4 Å². The molecule has 3 aliphatic heterocycles. The van der Waals surface area contributed by atoms with Crippen molar-refractivity contribution in [3.8, 4) is 0 Å². The zero-order valence-corrected chi connectivity index (χ0v) is 52.7. The quantitative estimate of drug-likeness (QED) is 0.0617. The SMILES string of the molecule is CCC(N)C(=O)Nc1ccc(C)cc1.CCC(O)C(=O)Nc1ccc(C)cc1.Cc1ccc(NC(=O)C2CN(C)CC2C)cc1.Cc1ccc(NC(=O)C2Cc3ccccc3CN2C)cc1.Cc1ccc(NC(=O)C2Cc3ccccc3N(C)C2)cc1. The topological polar surface area (TPSA) is 201 Å². The highest BCUT2D eigenvalue weighted by molar-refractivity contribution is 5.97. The van der Waals surface area contributed by atoms with Crippen LogP contribution in [0.15, 0.2) is 170 Å². The van der Waals surface area contributed by atoms with Gasteiger partial charge >= 0.3 is 0 Å². The zero-order chi connectivity index (χ0) is 63.2. The lowest BCUT2D eigenvalue weighted by molar-refractivity contribution is -0.124. The summed E-state index contributed by atoms with van der Waals surface area (Å²) < 4.78 is 0. The number of aliphatic hydroxyl groups is 1. The number of likely N-dealkylation sites (N-methyl/N-ethyl adjacent to an activating group) is 1. The van der Waals surface area contributed by atoms with E-state index in [1.807, 2.05) is 195 Å². The molecule has 7 aromatic carbocycles. The number of nitrogens with one attached hydrogen (secondary N) is 5. The molecule has 0 bridgehead atoms. The molecule has 0 saturated carbocycles. The van der Waals surface area contributed by atoms with Crippen molar-refractivity contribution >= 4 is 63.7 Å². The number of nitrogens with two attached hydrogens (primary N) is 1. The van der Waals surface area contributed by atoms with E-state index in [2.05, 4.69) is 85.6 Å². The Bertz CT molecular complexity index is 3250. The molecule has 0 spiro atoms. The predicted molar refractivity (Wildman–Crippen MR) is 356 cm³/mol. The Labute approximate surface area is 516 Å². The Morgan fingerprint density at radius 3 is 1.32 bits per heavy atom. The lowest BCUT2D eigenvalue weighted by Gasteiger charge is -2.33. The minimum atomic E-state index is -0.920. The second-order valence-electron chi connectivity index (χ2n) is 23.3. The first-order valence-corrected chi connectivity index (χ1v) is 30.1. The van der Waals surface area contributed by atoms with E-state index >= 15 is 0 Å². The summed E-state index contributed by atoms with van der Waals surface area (Å²) in [6, 6.07) is 55.0. The highest BCUT2D eigenvalue weighted by Gasteiger charge is 2.33. The van der Waals surface area contributed by atoms with E-state index in [4.69, 9.17) is 5.73 Å². The molecule has 15 heteroatoms. The first-order valence-electron chi connectivity index (χ1n) is 30.1. The lowest BCUT2D eigenvalue weighted by Crippen LogP contribution is -2.45. The zero-order valence-electron chi connectivity index (χ0n) is 52.7. The van der Waals surface area contributed by atoms with E-state index in [9.17, 15) is 29.1 Å². The summed E-state index contributed by atoms with van der Waals surface area (Å²) in [7, 11) is 6.12. The molecular formula is C72H91N9O6. The number of fused-ring (bicyclic) bond motifs is 2. The average molecular weight is 1180 g/mol. The van der Waals surface area contributed by atoms with E-state index in [0.717, 1.165) is 67.3 Å². The van der Waals surface area contributed by atoms with Crippen molar-refractivity contribution in [3.05, 3.63) is 214 Å². The number of aryl methyl sites for hydroxylation is 5. The van der Waals surface area contributed by atoms with Crippen molar-refractivity contribution < 1.29 is 29.1 Å². The third-order valence-electron chi connectivity index (χ3n) is 15.7. The number of carbonyl (C=O) groups excluding carboxylic acids is 5. The Balaban J connectivity index is 0.000000176. The summed E-state index contributed by atoms with van der Waals surface area (Å²) in [5.74, 6) is 0.368. The first-order chi connectivity index (χ1) is 41.6. The van der Waals surface area contributed by atoms with Crippen LogP contribution >= 0.6 is 0 Å². The molecule has 1 saturated heterocycles. The average Bonchev–Trinajstić information content (AvgIpc) is 2.56. The summed E-state index contributed by atoms with van der Waals surface area (Å²) in [4.78, 5) is 66.3. The standard InChI is InChI=1S/2C18H20N2O.C14H20N2O.C11H16N2O.C11H15NO2/c1-13-7-9-16(10-8-13)19-18(21)15-11-14-5-3-4-6-17(14)20(2)12-15;1-13-7-9-16(10-8-13)19-18(21)17-11-14-5-3-4-6-15(14)12-20(17)2;1-10-4-6-12(7-5-10)15-14(17)13-9-16(3)8-11(13)2;1-3-10(12)11(14)13-9-6-4-8(2)5-7-9;1-3-10(13)11(14)12-9-6-4-8(2)5-7-9/h3-10,15H,11-12H2,1-2H3,(H,19,21);3-10,17H,11-12H2,1-2H3,(H,19,21);4-7,11,13H,8-9H2,1-3H3,(H,15,17);4-7,10H,3,12H2,1-2H3,(H,13,14);4-7,10,13H,3H2,1-2H3,(H,12,14). The molecule has 1 fully saturated rings. The third-order valence-corrected chi connectivity index (χ3v) is 15.7. The van der Waals surface area contributed by atoms with Gasteiger partial charge in [0.15, 0.2) is 0 Å². The lowest BCUT2D eigenvalue weighted by atomic mass is 9.92. The van der Waals surface area contributed by atoms with Gasteiger partial charge in [-0.25, -0.2) is 0 Å². The molecule has 87 heavy (non-hydrogen) atoms. The van der Waals surface area contributed by atoms with Gasteiger partial charge in [0.1, 0.15) is 6.10 Å². The molecule has 3 aliphatic rings. The molecule has 0 radical (unpaired) electrons. The van der Waals surface area contributed by atoms with Crippen molar-refractivity contribution in [1.29, 1.82) is 0 Å². The number of aliphatic hydroxyl groups excluding tert-OH is 1. The smallest absolute Gasteiger partial charge is 0.253 e. The van der Waals surface area contributed by atoms with Crippen LogP contribution < -0.4 is 37.2 Å². The second kappa shape index (κ2) is 33.4. The highest BCUT2D eigenvalue weighted by atomic mass is 16.3. The van der Waals surface area contributed by atoms with Crippen LogP contribution in [-0.4, -0.2) is 103 Å². The van der Waals surface area contributed by atoms with Gasteiger partial charge in [0.25, 0.3) is 5.91 Å². The van der Waals surface area contributed by atoms with E-state index in [-0.39, 0.29) is 47.4 Å².